The highest BCUT2D eigenvalue weighted by Crippen LogP contribution is 2.60. The Kier molecular flexibility index (Phi) is 4.20. The van der Waals surface area contributed by atoms with Crippen LogP contribution in [0.1, 0.15) is 57.9 Å². The summed E-state index contributed by atoms with van der Waals surface area (Å²) in [5, 5.41) is 0. The van der Waals surface area contributed by atoms with Gasteiger partial charge in [0.1, 0.15) is 5.75 Å². The van der Waals surface area contributed by atoms with Gasteiger partial charge in [0.05, 0.1) is 6.61 Å². The van der Waals surface area contributed by atoms with Crippen molar-refractivity contribution in [3.8, 4) is 5.75 Å². The van der Waals surface area contributed by atoms with Crippen molar-refractivity contribution >= 4 is 5.57 Å². The molecule has 1 aromatic carbocycles. The summed E-state index contributed by atoms with van der Waals surface area (Å²) in [6.45, 7) is 8.89. The SMILES string of the molecule is C=C(C)c1ccc(OC(C)OCC23CC4CC(CC(C4)C2)C3)cc1. The molecular formula is C22H30O2. The zero-order chi connectivity index (χ0) is 16.7. The minimum Gasteiger partial charge on any atom is -0.465 e. The van der Waals surface area contributed by atoms with E-state index in [1.54, 1.807) is 0 Å². The van der Waals surface area contributed by atoms with Crippen molar-refractivity contribution in [2.24, 2.45) is 23.2 Å². The average Bonchev–Trinajstić information content (AvgIpc) is 2.52. The van der Waals surface area contributed by atoms with Gasteiger partial charge < -0.3 is 9.47 Å². The third-order valence-corrected chi connectivity index (χ3v) is 6.44. The van der Waals surface area contributed by atoms with Crippen molar-refractivity contribution in [3.05, 3.63) is 36.4 Å². The largest absolute Gasteiger partial charge is 0.465 e. The molecule has 130 valence electrons. The highest BCUT2D eigenvalue weighted by molar-refractivity contribution is 5.61. The zero-order valence-corrected chi connectivity index (χ0v) is 15.1. The molecular weight excluding hydrogens is 296 g/mol. The maximum Gasteiger partial charge on any atom is 0.196 e. The standard InChI is InChI=1S/C22H30O2/c1-15(2)20-4-6-21(7-5-20)24-16(3)23-14-22-11-17-8-18(12-22)10-19(9-17)13-22/h4-7,16-19H,1,8-14H2,2-3H3. The van der Waals surface area contributed by atoms with Gasteiger partial charge in [0, 0.05) is 0 Å². The van der Waals surface area contributed by atoms with Crippen LogP contribution in [-0.4, -0.2) is 12.9 Å². The summed E-state index contributed by atoms with van der Waals surface area (Å²) in [7, 11) is 0. The molecule has 0 heterocycles. The first-order chi connectivity index (χ1) is 11.5. The van der Waals surface area contributed by atoms with Crippen LogP contribution in [0.2, 0.25) is 0 Å². The molecule has 0 aliphatic heterocycles. The fraction of sp³-hybridized carbons (Fsp3) is 0.636. The van der Waals surface area contributed by atoms with Crippen molar-refractivity contribution in [2.45, 2.75) is 58.7 Å². The van der Waals surface area contributed by atoms with E-state index in [9.17, 15) is 0 Å². The summed E-state index contributed by atoms with van der Waals surface area (Å²) in [5.74, 6) is 3.81. The van der Waals surface area contributed by atoms with E-state index in [0.29, 0.717) is 5.41 Å². The second-order valence-corrected chi connectivity index (χ2v) is 8.72. The molecule has 0 amide bonds. The third-order valence-electron chi connectivity index (χ3n) is 6.44. The second-order valence-electron chi connectivity index (χ2n) is 8.72. The summed E-state index contributed by atoms with van der Waals surface area (Å²) < 4.78 is 12.1. The Hall–Kier alpha value is -1.28. The predicted molar refractivity (Wildman–Crippen MR) is 97.8 cm³/mol. The number of benzene rings is 1. The maximum absolute atomic E-state index is 6.17. The summed E-state index contributed by atoms with van der Waals surface area (Å²) in [6, 6.07) is 8.14. The number of ether oxygens (including phenoxy) is 2. The predicted octanol–water partition coefficient (Wildman–Crippen LogP) is 5.68. The van der Waals surface area contributed by atoms with Crippen LogP contribution in [0.15, 0.2) is 30.8 Å². The smallest absolute Gasteiger partial charge is 0.196 e. The molecule has 1 unspecified atom stereocenters. The molecule has 4 aliphatic carbocycles. The Morgan fingerprint density at radius 1 is 1.08 bits per heavy atom. The minimum atomic E-state index is -0.186. The van der Waals surface area contributed by atoms with Crippen LogP contribution < -0.4 is 4.74 Å². The van der Waals surface area contributed by atoms with E-state index in [2.05, 4.69) is 18.7 Å². The lowest BCUT2D eigenvalue weighted by atomic mass is 9.50. The Morgan fingerprint density at radius 2 is 1.62 bits per heavy atom. The van der Waals surface area contributed by atoms with E-state index in [1.165, 1.54) is 38.5 Å². The van der Waals surface area contributed by atoms with E-state index in [4.69, 9.17) is 9.47 Å². The van der Waals surface area contributed by atoms with Crippen molar-refractivity contribution in [3.63, 3.8) is 0 Å². The van der Waals surface area contributed by atoms with Gasteiger partial charge in [0.15, 0.2) is 6.29 Å². The van der Waals surface area contributed by atoms with E-state index in [1.807, 2.05) is 26.0 Å². The Morgan fingerprint density at radius 3 is 2.12 bits per heavy atom. The van der Waals surface area contributed by atoms with Gasteiger partial charge in [0.25, 0.3) is 0 Å². The van der Waals surface area contributed by atoms with Gasteiger partial charge in [-0.2, -0.15) is 0 Å². The van der Waals surface area contributed by atoms with Crippen LogP contribution in [0.25, 0.3) is 5.57 Å². The Labute approximate surface area is 146 Å². The number of rotatable bonds is 6. The number of allylic oxidation sites excluding steroid dienone is 1. The lowest BCUT2D eigenvalue weighted by Crippen LogP contribution is -2.48. The lowest BCUT2D eigenvalue weighted by Gasteiger charge is -2.56. The summed E-state index contributed by atoms with van der Waals surface area (Å²) in [5.41, 5.74) is 2.69. The minimum absolute atomic E-state index is 0.186. The molecule has 5 rings (SSSR count). The molecule has 0 saturated heterocycles. The van der Waals surface area contributed by atoms with E-state index in [-0.39, 0.29) is 6.29 Å². The lowest BCUT2D eigenvalue weighted by molar-refractivity contribution is -0.146. The average molecular weight is 326 g/mol. The van der Waals surface area contributed by atoms with E-state index < -0.39 is 0 Å². The summed E-state index contributed by atoms with van der Waals surface area (Å²) in [6.07, 6.45) is 8.44. The van der Waals surface area contributed by atoms with Gasteiger partial charge in [-0.25, -0.2) is 0 Å². The maximum atomic E-state index is 6.17. The van der Waals surface area contributed by atoms with Gasteiger partial charge in [0.2, 0.25) is 0 Å². The molecule has 24 heavy (non-hydrogen) atoms. The van der Waals surface area contributed by atoms with Crippen molar-refractivity contribution in [1.82, 2.24) is 0 Å². The van der Waals surface area contributed by atoms with Crippen molar-refractivity contribution in [2.75, 3.05) is 6.61 Å². The molecule has 2 heteroatoms. The fourth-order valence-corrected chi connectivity index (χ4v) is 5.80. The monoisotopic (exact) mass is 326 g/mol. The van der Waals surface area contributed by atoms with Crippen molar-refractivity contribution in [1.29, 1.82) is 0 Å². The van der Waals surface area contributed by atoms with Crippen LogP contribution in [-0.2, 0) is 4.74 Å². The highest BCUT2D eigenvalue weighted by atomic mass is 16.7. The fourth-order valence-electron chi connectivity index (χ4n) is 5.80. The molecule has 4 bridgehead atoms. The molecule has 4 aliphatic rings. The van der Waals surface area contributed by atoms with Crippen LogP contribution >= 0.6 is 0 Å². The van der Waals surface area contributed by atoms with E-state index in [0.717, 1.165) is 41.2 Å². The molecule has 2 nitrogen and oxygen atoms in total. The molecule has 1 atom stereocenters. The van der Waals surface area contributed by atoms with Crippen LogP contribution in [0.3, 0.4) is 0 Å². The molecule has 4 fully saturated rings. The molecule has 0 spiro atoms. The first kappa shape index (κ1) is 16.2. The molecule has 0 N–H and O–H groups in total. The van der Waals surface area contributed by atoms with E-state index >= 15 is 0 Å². The molecule has 4 saturated carbocycles. The first-order valence-corrected chi connectivity index (χ1v) is 9.55. The Bertz CT molecular complexity index is 566. The topological polar surface area (TPSA) is 18.5 Å². The quantitative estimate of drug-likeness (QED) is 0.626. The number of hydrogen-bond acceptors (Lipinski definition) is 2. The number of hydrogen-bond donors (Lipinski definition) is 0. The van der Waals surface area contributed by atoms with Crippen LogP contribution in [0, 0.1) is 23.2 Å². The van der Waals surface area contributed by atoms with Crippen LogP contribution in [0.4, 0.5) is 0 Å². The normalized spacial score (nSPS) is 35.0. The third kappa shape index (κ3) is 3.26. The summed E-state index contributed by atoms with van der Waals surface area (Å²) >= 11 is 0. The summed E-state index contributed by atoms with van der Waals surface area (Å²) in [4.78, 5) is 0. The van der Waals surface area contributed by atoms with Crippen molar-refractivity contribution < 1.29 is 9.47 Å². The van der Waals surface area contributed by atoms with Crippen LogP contribution in [0.5, 0.6) is 5.75 Å². The second kappa shape index (κ2) is 6.22. The van der Waals surface area contributed by atoms with Gasteiger partial charge in [-0.15, -0.1) is 0 Å². The van der Waals surface area contributed by atoms with Gasteiger partial charge in [-0.05, 0) is 93.2 Å². The van der Waals surface area contributed by atoms with Gasteiger partial charge in [-0.3, -0.25) is 0 Å². The first-order valence-electron chi connectivity index (χ1n) is 9.55. The molecule has 1 aromatic rings. The Balaban J connectivity index is 1.32. The van der Waals surface area contributed by atoms with Gasteiger partial charge in [-0.1, -0.05) is 24.3 Å². The zero-order valence-electron chi connectivity index (χ0n) is 15.1. The molecule has 0 aromatic heterocycles. The van der Waals surface area contributed by atoms with Gasteiger partial charge >= 0.3 is 0 Å². The molecule has 0 radical (unpaired) electrons. The highest BCUT2D eigenvalue weighted by Gasteiger charge is 2.51.